The first-order valence-electron chi connectivity index (χ1n) is 10.4. The highest BCUT2D eigenvalue weighted by Gasteiger charge is 2.60. The first-order chi connectivity index (χ1) is 16.0. The number of hydrogen-bond acceptors (Lipinski definition) is 6. The summed E-state index contributed by atoms with van der Waals surface area (Å²) in [5.41, 5.74) is 1.88. The molecule has 3 aromatic carbocycles. The number of carbonyl (C=O) groups excluding carboxylic acids is 2. The highest BCUT2D eigenvalue weighted by atomic mass is 35.5. The Kier molecular flexibility index (Phi) is 5.44. The summed E-state index contributed by atoms with van der Waals surface area (Å²) in [6.07, 6.45) is -0.973. The summed E-state index contributed by atoms with van der Waals surface area (Å²) >= 11 is 6.12. The van der Waals surface area contributed by atoms with E-state index in [9.17, 15) is 9.59 Å². The van der Waals surface area contributed by atoms with Gasteiger partial charge in [-0.1, -0.05) is 35.9 Å². The van der Waals surface area contributed by atoms with Gasteiger partial charge in [0.1, 0.15) is 17.4 Å². The molecule has 3 aromatic rings. The number of halogens is 1. The summed E-state index contributed by atoms with van der Waals surface area (Å²) in [6, 6.07) is 20.9. The van der Waals surface area contributed by atoms with Gasteiger partial charge in [0.25, 0.3) is 5.91 Å². The molecule has 2 saturated heterocycles. The quantitative estimate of drug-likeness (QED) is 0.521. The Morgan fingerprint density at radius 1 is 0.818 bits per heavy atom. The fourth-order valence-corrected chi connectivity index (χ4v) is 4.61. The average molecular weight is 465 g/mol. The minimum Gasteiger partial charge on any atom is -0.497 e. The van der Waals surface area contributed by atoms with Crippen LogP contribution in [0.15, 0.2) is 72.8 Å². The summed E-state index contributed by atoms with van der Waals surface area (Å²) in [5, 5.41) is 2.07. The largest absolute Gasteiger partial charge is 0.497 e. The smallest absolute Gasteiger partial charge is 0.266 e. The van der Waals surface area contributed by atoms with E-state index in [1.807, 2.05) is 42.5 Å². The molecular weight excluding hydrogens is 444 g/mol. The number of hydrogen-bond donors (Lipinski definition) is 0. The minimum absolute atomic E-state index is 0.350. The topological polar surface area (TPSA) is 68.3 Å². The molecule has 0 spiro atoms. The van der Waals surface area contributed by atoms with Crippen LogP contribution >= 0.6 is 11.6 Å². The maximum absolute atomic E-state index is 13.7. The second kappa shape index (κ2) is 8.42. The lowest BCUT2D eigenvalue weighted by molar-refractivity contribution is -0.126. The number of anilines is 2. The van der Waals surface area contributed by atoms with Crippen LogP contribution in [0.3, 0.4) is 0 Å². The van der Waals surface area contributed by atoms with Crippen molar-refractivity contribution < 1.29 is 23.9 Å². The molecule has 0 N–H and O–H groups in total. The SMILES string of the molecule is COc1cc(OC)cc(C2C3C(=O)N(c4cccc(Cl)c4)C(=O)C3ON2c2ccccc2)c1. The number of benzene rings is 3. The standard InChI is InChI=1S/C25H21ClN2O5/c1-31-19-11-15(12-20(14-19)32-2)22-21-23(33-28(22)17-8-4-3-5-9-17)25(30)27(24(21)29)18-10-6-7-16(26)13-18/h3-14,21-23H,1-2H3. The molecule has 8 heteroatoms. The van der Waals surface area contributed by atoms with Crippen molar-refractivity contribution in [1.82, 2.24) is 0 Å². The Balaban J connectivity index is 1.62. The summed E-state index contributed by atoms with van der Waals surface area (Å²) in [5.74, 6) is -0.398. The van der Waals surface area contributed by atoms with Gasteiger partial charge in [-0.05, 0) is 48.0 Å². The zero-order chi connectivity index (χ0) is 23.1. The van der Waals surface area contributed by atoms with Crippen molar-refractivity contribution in [2.45, 2.75) is 12.1 Å². The first kappa shape index (κ1) is 21.3. The van der Waals surface area contributed by atoms with Gasteiger partial charge in [-0.3, -0.25) is 14.4 Å². The lowest BCUT2D eigenvalue weighted by atomic mass is 9.90. The van der Waals surface area contributed by atoms with Crippen LogP contribution in [-0.2, 0) is 14.4 Å². The highest BCUT2D eigenvalue weighted by Crippen LogP contribution is 2.48. The molecule has 3 unspecified atom stereocenters. The number of rotatable bonds is 5. The normalized spacial score (nSPS) is 22.0. The zero-order valence-corrected chi connectivity index (χ0v) is 18.7. The van der Waals surface area contributed by atoms with Crippen molar-refractivity contribution >= 4 is 34.8 Å². The van der Waals surface area contributed by atoms with Gasteiger partial charge in [-0.25, -0.2) is 9.96 Å². The van der Waals surface area contributed by atoms with Gasteiger partial charge in [0.05, 0.1) is 31.6 Å². The molecule has 2 heterocycles. The second-order valence-corrected chi connectivity index (χ2v) is 8.23. The van der Waals surface area contributed by atoms with Gasteiger partial charge >= 0.3 is 0 Å². The number of fused-ring (bicyclic) bond motifs is 1. The van der Waals surface area contributed by atoms with Crippen LogP contribution < -0.4 is 19.4 Å². The molecule has 5 rings (SSSR count). The van der Waals surface area contributed by atoms with Crippen LogP contribution in [0, 0.1) is 5.92 Å². The predicted octanol–water partition coefficient (Wildman–Crippen LogP) is 4.41. The molecule has 33 heavy (non-hydrogen) atoms. The third-order valence-corrected chi connectivity index (χ3v) is 6.14. The van der Waals surface area contributed by atoms with Crippen molar-refractivity contribution in [2.75, 3.05) is 24.2 Å². The summed E-state index contributed by atoms with van der Waals surface area (Å²) < 4.78 is 10.9. The van der Waals surface area contributed by atoms with Crippen molar-refractivity contribution in [1.29, 1.82) is 0 Å². The van der Waals surface area contributed by atoms with Crippen molar-refractivity contribution in [3.05, 3.63) is 83.4 Å². The molecule has 168 valence electrons. The number of hydroxylamine groups is 1. The molecule has 0 aliphatic carbocycles. The van der Waals surface area contributed by atoms with Gasteiger partial charge in [0.15, 0.2) is 6.10 Å². The Morgan fingerprint density at radius 3 is 2.12 bits per heavy atom. The Hall–Kier alpha value is -3.55. The third-order valence-electron chi connectivity index (χ3n) is 5.91. The highest BCUT2D eigenvalue weighted by molar-refractivity contribution is 6.31. The molecular formula is C25H21ClN2O5. The van der Waals surface area contributed by atoms with E-state index in [0.717, 1.165) is 16.2 Å². The number of methoxy groups -OCH3 is 2. The molecule has 0 aromatic heterocycles. The van der Waals surface area contributed by atoms with Gasteiger partial charge in [-0.2, -0.15) is 0 Å². The van der Waals surface area contributed by atoms with Crippen LogP contribution in [0.25, 0.3) is 0 Å². The van der Waals surface area contributed by atoms with Crippen molar-refractivity contribution in [2.24, 2.45) is 5.92 Å². The fraction of sp³-hybridized carbons (Fsp3) is 0.200. The summed E-state index contributed by atoms with van der Waals surface area (Å²) in [4.78, 5) is 34.4. The van der Waals surface area contributed by atoms with Crippen LogP contribution in [0.5, 0.6) is 11.5 Å². The van der Waals surface area contributed by atoms with E-state index in [1.165, 1.54) is 0 Å². The predicted molar refractivity (Wildman–Crippen MR) is 124 cm³/mol. The van der Waals surface area contributed by atoms with Crippen LogP contribution in [-0.4, -0.2) is 32.1 Å². The monoisotopic (exact) mass is 464 g/mol. The number of carbonyl (C=O) groups is 2. The maximum atomic E-state index is 13.7. The van der Waals surface area contributed by atoms with E-state index in [-0.39, 0.29) is 5.91 Å². The van der Waals surface area contributed by atoms with E-state index in [1.54, 1.807) is 49.6 Å². The van der Waals surface area contributed by atoms with E-state index in [4.69, 9.17) is 25.9 Å². The van der Waals surface area contributed by atoms with Crippen LogP contribution in [0.4, 0.5) is 11.4 Å². The number of ether oxygens (including phenoxy) is 2. The average Bonchev–Trinajstić information content (AvgIpc) is 3.35. The Bertz CT molecular complexity index is 1200. The Labute approximate surface area is 196 Å². The van der Waals surface area contributed by atoms with Crippen molar-refractivity contribution in [3.8, 4) is 11.5 Å². The molecule has 7 nitrogen and oxygen atoms in total. The summed E-state index contributed by atoms with van der Waals surface area (Å²) in [7, 11) is 3.12. The van der Waals surface area contributed by atoms with Crippen LogP contribution in [0.1, 0.15) is 11.6 Å². The molecule has 2 amide bonds. The number of amides is 2. The van der Waals surface area contributed by atoms with Crippen LogP contribution in [0.2, 0.25) is 5.02 Å². The third kappa shape index (κ3) is 3.59. The number of imide groups is 1. The molecule has 0 saturated carbocycles. The van der Waals surface area contributed by atoms with Crippen molar-refractivity contribution in [3.63, 3.8) is 0 Å². The minimum atomic E-state index is -0.973. The zero-order valence-electron chi connectivity index (χ0n) is 18.0. The van der Waals surface area contributed by atoms with Gasteiger partial charge in [0.2, 0.25) is 5.91 Å². The van der Waals surface area contributed by atoms with E-state index >= 15 is 0 Å². The lowest BCUT2D eigenvalue weighted by Crippen LogP contribution is -2.37. The maximum Gasteiger partial charge on any atom is 0.266 e. The van der Waals surface area contributed by atoms with E-state index < -0.39 is 24.0 Å². The molecule has 0 radical (unpaired) electrons. The molecule has 2 aliphatic rings. The molecule has 2 fully saturated rings. The van der Waals surface area contributed by atoms with Gasteiger partial charge in [0, 0.05) is 11.1 Å². The summed E-state index contributed by atoms with van der Waals surface area (Å²) in [6.45, 7) is 0. The first-order valence-corrected chi connectivity index (χ1v) is 10.8. The molecule has 2 aliphatic heterocycles. The number of nitrogens with zero attached hydrogens (tertiary/aromatic N) is 2. The number of para-hydroxylation sites is 1. The second-order valence-electron chi connectivity index (χ2n) is 7.80. The van der Waals surface area contributed by atoms with Gasteiger partial charge < -0.3 is 9.47 Å². The van der Waals surface area contributed by atoms with E-state index in [2.05, 4.69) is 0 Å². The van der Waals surface area contributed by atoms with Gasteiger partial charge in [-0.15, -0.1) is 0 Å². The van der Waals surface area contributed by atoms with E-state index in [0.29, 0.717) is 22.2 Å². The fourth-order valence-electron chi connectivity index (χ4n) is 4.42. The molecule has 0 bridgehead atoms. The Morgan fingerprint density at radius 2 is 1.48 bits per heavy atom. The molecule has 3 atom stereocenters. The lowest BCUT2D eigenvalue weighted by Gasteiger charge is -2.29.